The molecule has 2 aromatic rings. The fourth-order valence-corrected chi connectivity index (χ4v) is 7.70. The van der Waals surface area contributed by atoms with Crippen molar-refractivity contribution in [2.45, 2.75) is 51.2 Å². The first-order valence-corrected chi connectivity index (χ1v) is 13.5. The summed E-state index contributed by atoms with van der Waals surface area (Å²) in [4.78, 5) is 26.0. The van der Waals surface area contributed by atoms with E-state index in [1.54, 1.807) is 39.0 Å². The maximum absolute atomic E-state index is 15.2. The van der Waals surface area contributed by atoms with Crippen molar-refractivity contribution in [1.29, 1.82) is 0 Å². The molecule has 0 bridgehead atoms. The van der Waals surface area contributed by atoms with Crippen LogP contribution in [0.4, 0.5) is 10.1 Å². The SMILES string of the molecule is CCOc1ccc2c(c1)C(C)(c1ccccc1F)C(=O)N2S(=O)(=O)C1(C(C)(C)C)C=CC(C(N)=O)=CC1. The molecule has 0 radical (unpaired) electrons. The molecule has 0 saturated heterocycles. The topological polar surface area (TPSA) is 107 Å². The molecule has 4 rings (SSSR count). The van der Waals surface area contributed by atoms with Crippen LogP contribution in [0, 0.1) is 11.2 Å². The number of carbonyl (C=O) groups excluding carboxylic acids is 2. The number of hydrogen-bond acceptors (Lipinski definition) is 5. The molecule has 2 unspecified atom stereocenters. The number of nitrogens with zero attached hydrogens (tertiary/aromatic N) is 1. The Morgan fingerprint density at radius 3 is 2.38 bits per heavy atom. The van der Waals surface area contributed by atoms with Gasteiger partial charge in [-0.25, -0.2) is 17.1 Å². The second-order valence-corrected chi connectivity index (χ2v) is 12.5. The monoisotopic (exact) mass is 526 g/mol. The predicted molar refractivity (Wildman–Crippen MR) is 140 cm³/mol. The number of fused-ring (bicyclic) bond motifs is 1. The molecule has 1 aliphatic heterocycles. The number of primary amides is 1. The highest BCUT2D eigenvalue weighted by molar-refractivity contribution is 7.95. The molecule has 1 heterocycles. The van der Waals surface area contributed by atoms with Gasteiger partial charge < -0.3 is 10.5 Å². The Morgan fingerprint density at radius 1 is 1.16 bits per heavy atom. The second-order valence-electron chi connectivity index (χ2n) is 10.5. The Balaban J connectivity index is 1.99. The number of ether oxygens (including phenoxy) is 1. The number of allylic oxidation sites excluding steroid dienone is 1. The van der Waals surface area contributed by atoms with E-state index in [0.29, 0.717) is 17.9 Å². The van der Waals surface area contributed by atoms with Crippen LogP contribution in [0.5, 0.6) is 5.75 Å². The maximum Gasteiger partial charge on any atom is 0.255 e. The molecule has 37 heavy (non-hydrogen) atoms. The van der Waals surface area contributed by atoms with Gasteiger partial charge in [-0.3, -0.25) is 9.59 Å². The number of nitrogens with two attached hydrogens (primary N) is 1. The minimum atomic E-state index is -4.47. The Morgan fingerprint density at radius 2 is 1.84 bits per heavy atom. The Labute approximate surface area is 216 Å². The van der Waals surface area contributed by atoms with Crippen molar-refractivity contribution in [2.24, 2.45) is 11.1 Å². The molecule has 2 aliphatic rings. The van der Waals surface area contributed by atoms with Crippen LogP contribution in [0.1, 0.15) is 52.2 Å². The number of sulfonamides is 1. The first-order chi connectivity index (χ1) is 17.2. The lowest BCUT2D eigenvalue weighted by molar-refractivity contribution is -0.120. The molecular formula is C28H31FN2O5S. The fourth-order valence-electron chi connectivity index (χ4n) is 5.24. The third-order valence-corrected chi connectivity index (χ3v) is 10.2. The average molecular weight is 527 g/mol. The second kappa shape index (κ2) is 8.83. The van der Waals surface area contributed by atoms with Gasteiger partial charge in [-0.05, 0) is 49.9 Å². The van der Waals surface area contributed by atoms with E-state index in [1.165, 1.54) is 49.4 Å². The zero-order valence-corrected chi connectivity index (χ0v) is 22.4. The van der Waals surface area contributed by atoms with E-state index in [9.17, 15) is 18.0 Å². The largest absolute Gasteiger partial charge is 0.494 e. The highest BCUT2D eigenvalue weighted by Crippen LogP contribution is 2.53. The van der Waals surface area contributed by atoms with Crippen molar-refractivity contribution >= 4 is 27.5 Å². The van der Waals surface area contributed by atoms with Gasteiger partial charge in [0.15, 0.2) is 0 Å². The third kappa shape index (κ3) is 3.79. The van der Waals surface area contributed by atoms with E-state index < -0.39 is 43.2 Å². The van der Waals surface area contributed by atoms with E-state index in [0.717, 1.165) is 4.31 Å². The Bertz CT molecular complexity index is 1460. The van der Waals surface area contributed by atoms with Crippen LogP contribution in [0.25, 0.3) is 0 Å². The molecule has 2 N–H and O–H groups in total. The highest BCUT2D eigenvalue weighted by atomic mass is 32.2. The van der Waals surface area contributed by atoms with Gasteiger partial charge in [0.2, 0.25) is 5.91 Å². The lowest BCUT2D eigenvalue weighted by Gasteiger charge is -2.44. The van der Waals surface area contributed by atoms with Crippen LogP contribution >= 0.6 is 0 Å². The van der Waals surface area contributed by atoms with Crippen LogP contribution in [-0.2, 0) is 25.0 Å². The number of benzene rings is 2. The third-order valence-electron chi connectivity index (χ3n) is 7.47. The molecule has 0 fully saturated rings. The summed E-state index contributed by atoms with van der Waals surface area (Å²) in [5.41, 5.74) is 3.61. The zero-order chi connectivity index (χ0) is 27.4. The molecule has 2 atom stereocenters. The molecule has 0 aromatic heterocycles. The number of amides is 2. The molecule has 2 aromatic carbocycles. The molecule has 9 heteroatoms. The van der Waals surface area contributed by atoms with Crippen molar-refractivity contribution in [1.82, 2.24) is 0 Å². The summed E-state index contributed by atoms with van der Waals surface area (Å²) < 4.78 is 49.2. The molecule has 2 amide bonds. The van der Waals surface area contributed by atoms with Crippen molar-refractivity contribution in [3.05, 3.63) is 83.2 Å². The number of carbonyl (C=O) groups is 2. The fraction of sp³-hybridized carbons (Fsp3) is 0.357. The van der Waals surface area contributed by atoms with Gasteiger partial charge in [-0.15, -0.1) is 0 Å². The van der Waals surface area contributed by atoms with Gasteiger partial charge in [0.25, 0.3) is 15.9 Å². The Hall–Kier alpha value is -3.46. The maximum atomic E-state index is 15.2. The van der Waals surface area contributed by atoms with Crippen LogP contribution in [0.15, 0.2) is 66.3 Å². The Kier molecular flexibility index (Phi) is 6.35. The first kappa shape index (κ1) is 26.6. The molecule has 0 saturated carbocycles. The number of halogens is 1. The molecule has 196 valence electrons. The van der Waals surface area contributed by atoms with E-state index in [-0.39, 0.29) is 23.2 Å². The smallest absolute Gasteiger partial charge is 0.255 e. The quantitative estimate of drug-likeness (QED) is 0.602. The van der Waals surface area contributed by atoms with Gasteiger partial charge in [0.1, 0.15) is 21.7 Å². The minimum Gasteiger partial charge on any atom is -0.494 e. The van der Waals surface area contributed by atoms with Crippen LogP contribution in [0.2, 0.25) is 0 Å². The summed E-state index contributed by atoms with van der Waals surface area (Å²) in [7, 11) is -4.47. The summed E-state index contributed by atoms with van der Waals surface area (Å²) in [6.07, 6.45) is 4.26. The summed E-state index contributed by atoms with van der Waals surface area (Å²) in [5, 5.41) is 0. The summed E-state index contributed by atoms with van der Waals surface area (Å²) in [6.45, 7) is 8.97. The van der Waals surface area contributed by atoms with Crippen molar-refractivity contribution in [3.63, 3.8) is 0 Å². The highest BCUT2D eigenvalue weighted by Gasteiger charge is 2.61. The number of rotatable bonds is 6. The minimum absolute atomic E-state index is 0.0625. The van der Waals surface area contributed by atoms with E-state index in [4.69, 9.17) is 10.5 Å². The van der Waals surface area contributed by atoms with Crippen molar-refractivity contribution < 1.29 is 27.1 Å². The van der Waals surface area contributed by atoms with E-state index in [2.05, 4.69) is 0 Å². The normalized spacial score (nSPS) is 23.6. The van der Waals surface area contributed by atoms with E-state index >= 15 is 4.39 Å². The first-order valence-electron chi connectivity index (χ1n) is 12.0. The molecule has 0 spiro atoms. The van der Waals surface area contributed by atoms with Gasteiger partial charge >= 0.3 is 0 Å². The van der Waals surface area contributed by atoms with Crippen molar-refractivity contribution in [3.8, 4) is 5.75 Å². The zero-order valence-electron chi connectivity index (χ0n) is 21.5. The van der Waals surface area contributed by atoms with Gasteiger partial charge in [-0.2, -0.15) is 0 Å². The lowest BCUT2D eigenvalue weighted by Crippen LogP contribution is -2.57. The van der Waals surface area contributed by atoms with Gasteiger partial charge in [0.05, 0.1) is 12.3 Å². The molecular weight excluding hydrogens is 495 g/mol. The summed E-state index contributed by atoms with van der Waals surface area (Å²) >= 11 is 0. The lowest BCUT2D eigenvalue weighted by atomic mass is 9.75. The average Bonchev–Trinajstić information content (AvgIpc) is 3.06. The van der Waals surface area contributed by atoms with Crippen molar-refractivity contribution in [2.75, 3.05) is 10.9 Å². The number of hydrogen-bond donors (Lipinski definition) is 1. The van der Waals surface area contributed by atoms with Crippen LogP contribution in [-0.4, -0.2) is 31.6 Å². The predicted octanol–water partition coefficient (Wildman–Crippen LogP) is 4.36. The van der Waals surface area contributed by atoms with Crippen LogP contribution in [0.3, 0.4) is 0 Å². The van der Waals surface area contributed by atoms with Gasteiger partial charge in [-0.1, -0.05) is 57.2 Å². The summed E-state index contributed by atoms with van der Waals surface area (Å²) in [6, 6.07) is 10.6. The molecule has 7 nitrogen and oxygen atoms in total. The van der Waals surface area contributed by atoms with E-state index in [1.807, 2.05) is 6.92 Å². The standard InChI is InChI=1S/C28H31FN2O5S/c1-6-36-19-11-12-23-21(17-19)27(5,20-9-7-8-10-22(20)29)25(33)31(23)37(34,35)28(26(2,3)4)15-13-18(14-16-28)24(30)32/h7-15,17H,6,16H2,1-5H3,(H2,30,32). The number of anilines is 1. The summed E-state index contributed by atoms with van der Waals surface area (Å²) in [5.74, 6) is -1.65. The molecule has 1 aliphatic carbocycles. The van der Waals surface area contributed by atoms with Gasteiger partial charge in [0, 0.05) is 16.7 Å². The van der Waals surface area contributed by atoms with Crippen LogP contribution < -0.4 is 14.8 Å².